The number of nitrogens with one attached hydrogen (secondary N) is 2. The van der Waals surface area contributed by atoms with Gasteiger partial charge in [0.05, 0.1) is 18.5 Å². The third-order valence-corrected chi connectivity index (χ3v) is 4.92. The highest BCUT2D eigenvalue weighted by molar-refractivity contribution is 6.03. The molecule has 0 aromatic carbocycles. The van der Waals surface area contributed by atoms with Crippen molar-refractivity contribution >= 4 is 23.4 Å². The number of pyridine rings is 2. The van der Waals surface area contributed by atoms with Gasteiger partial charge in [0, 0.05) is 42.4 Å². The number of aryl methyl sites for hydroxylation is 1. The zero-order valence-corrected chi connectivity index (χ0v) is 17.1. The molecule has 1 aliphatic heterocycles. The van der Waals surface area contributed by atoms with Crippen LogP contribution in [0.15, 0.2) is 42.9 Å². The van der Waals surface area contributed by atoms with Crippen LogP contribution in [0.1, 0.15) is 19.0 Å². The van der Waals surface area contributed by atoms with Crippen molar-refractivity contribution in [2.24, 2.45) is 0 Å². The van der Waals surface area contributed by atoms with Crippen molar-refractivity contribution in [3.63, 3.8) is 0 Å². The van der Waals surface area contributed by atoms with Crippen LogP contribution < -0.4 is 20.3 Å². The molecule has 0 bridgehead atoms. The Kier molecular flexibility index (Phi) is 5.42. The van der Waals surface area contributed by atoms with Crippen molar-refractivity contribution in [3.05, 3.63) is 48.5 Å². The number of urea groups is 1. The number of anilines is 3. The molecule has 1 atom stereocenters. The number of amides is 2. The van der Waals surface area contributed by atoms with E-state index in [1.54, 1.807) is 11.1 Å². The monoisotopic (exact) mass is 405 g/mol. The van der Waals surface area contributed by atoms with E-state index < -0.39 is 0 Å². The van der Waals surface area contributed by atoms with Crippen LogP contribution in [0.2, 0.25) is 0 Å². The van der Waals surface area contributed by atoms with Crippen LogP contribution in [0.4, 0.5) is 22.1 Å². The van der Waals surface area contributed by atoms with Gasteiger partial charge in [-0.3, -0.25) is 15.2 Å². The van der Waals surface area contributed by atoms with Crippen LogP contribution in [0.25, 0.3) is 11.3 Å². The maximum Gasteiger partial charge on any atom is 0.329 e. The fourth-order valence-electron chi connectivity index (χ4n) is 3.41. The van der Waals surface area contributed by atoms with Gasteiger partial charge in [0.25, 0.3) is 5.88 Å². The first-order valence-electron chi connectivity index (χ1n) is 9.70. The Hall–Kier alpha value is -3.75. The highest BCUT2D eigenvalue weighted by Crippen LogP contribution is 2.33. The number of carbonyl (C=O) groups excluding carboxylic acids is 1. The first kappa shape index (κ1) is 19.6. The molecule has 4 rings (SSSR count). The number of nitrogens with zero attached hydrogens (tertiary/aromatic N) is 5. The van der Waals surface area contributed by atoms with E-state index in [0.29, 0.717) is 5.82 Å². The summed E-state index contributed by atoms with van der Waals surface area (Å²) >= 11 is 0. The van der Waals surface area contributed by atoms with E-state index in [1.807, 2.05) is 38.1 Å². The molecule has 0 unspecified atom stereocenters. The molecule has 3 aromatic rings. The smallest absolute Gasteiger partial charge is 0.329 e. The summed E-state index contributed by atoms with van der Waals surface area (Å²) in [6.07, 6.45) is 5.53. The molecule has 9 heteroatoms. The van der Waals surface area contributed by atoms with Crippen molar-refractivity contribution < 1.29 is 9.53 Å². The van der Waals surface area contributed by atoms with Gasteiger partial charge < -0.3 is 10.1 Å². The molecule has 9 nitrogen and oxygen atoms in total. The molecule has 154 valence electrons. The van der Waals surface area contributed by atoms with Crippen LogP contribution in [0.5, 0.6) is 5.88 Å². The van der Waals surface area contributed by atoms with E-state index in [1.165, 1.54) is 19.5 Å². The molecule has 0 spiro atoms. The summed E-state index contributed by atoms with van der Waals surface area (Å²) in [4.78, 5) is 32.3. The van der Waals surface area contributed by atoms with Crippen molar-refractivity contribution in [1.29, 1.82) is 0 Å². The van der Waals surface area contributed by atoms with E-state index in [4.69, 9.17) is 9.72 Å². The van der Waals surface area contributed by atoms with Gasteiger partial charge in [0.2, 0.25) is 0 Å². The minimum absolute atomic E-state index is 0.0802. The number of carbonyl (C=O) groups is 1. The van der Waals surface area contributed by atoms with Crippen LogP contribution in [-0.2, 0) is 0 Å². The zero-order valence-electron chi connectivity index (χ0n) is 17.1. The molecule has 2 N–H and O–H groups in total. The third kappa shape index (κ3) is 3.86. The summed E-state index contributed by atoms with van der Waals surface area (Å²) in [5, 5.41) is 6.18. The Balaban J connectivity index is 1.73. The van der Waals surface area contributed by atoms with Gasteiger partial charge in [-0.1, -0.05) is 0 Å². The van der Waals surface area contributed by atoms with Crippen LogP contribution in [0, 0.1) is 6.92 Å². The third-order valence-electron chi connectivity index (χ3n) is 4.92. The summed E-state index contributed by atoms with van der Waals surface area (Å²) in [6, 6.07) is 7.35. The number of aromatic nitrogens is 4. The maximum absolute atomic E-state index is 13.3. The molecule has 2 amide bonds. The van der Waals surface area contributed by atoms with E-state index in [9.17, 15) is 4.79 Å². The fraction of sp³-hybridized carbons (Fsp3) is 0.286. The molecule has 1 aliphatic rings. The summed E-state index contributed by atoms with van der Waals surface area (Å²) in [7, 11) is 1.48. The van der Waals surface area contributed by atoms with E-state index >= 15 is 0 Å². The number of ether oxygens (including phenoxy) is 1. The molecule has 0 aliphatic carbocycles. The Labute approximate surface area is 174 Å². The van der Waals surface area contributed by atoms with Crippen molar-refractivity contribution in [3.8, 4) is 17.1 Å². The van der Waals surface area contributed by atoms with Crippen molar-refractivity contribution in [2.45, 2.75) is 26.3 Å². The number of hydrogen-bond donors (Lipinski definition) is 2. The minimum Gasteiger partial charge on any atom is -0.478 e. The molecular formula is C21H23N7O2. The number of fused-ring (bicyclic) bond motifs is 1. The highest BCUT2D eigenvalue weighted by atomic mass is 16.5. The molecule has 0 fully saturated rings. The lowest BCUT2D eigenvalue weighted by Gasteiger charge is -2.27. The zero-order chi connectivity index (χ0) is 21.1. The van der Waals surface area contributed by atoms with Gasteiger partial charge in [0.1, 0.15) is 0 Å². The predicted octanol–water partition coefficient (Wildman–Crippen LogP) is 3.49. The first-order valence-corrected chi connectivity index (χ1v) is 9.70. The molecule has 0 saturated carbocycles. The summed E-state index contributed by atoms with van der Waals surface area (Å²) in [5.74, 6) is 1.07. The first-order chi connectivity index (χ1) is 14.6. The minimum atomic E-state index is -0.346. The number of methoxy groups -OCH3 is 1. The second kappa shape index (κ2) is 8.32. The average molecular weight is 405 g/mol. The van der Waals surface area contributed by atoms with Gasteiger partial charge >= 0.3 is 6.03 Å². The molecular weight excluding hydrogens is 382 g/mol. The second-order valence-electron chi connectivity index (χ2n) is 7.03. The van der Waals surface area contributed by atoms with Gasteiger partial charge in [-0.15, -0.1) is 0 Å². The lowest BCUT2D eigenvalue weighted by molar-refractivity contribution is 0.254. The molecule has 4 heterocycles. The Bertz CT molecular complexity index is 1070. The van der Waals surface area contributed by atoms with Crippen molar-refractivity contribution in [1.82, 2.24) is 19.9 Å². The summed E-state index contributed by atoms with van der Waals surface area (Å²) < 4.78 is 5.20. The van der Waals surface area contributed by atoms with E-state index in [0.717, 1.165) is 35.6 Å². The summed E-state index contributed by atoms with van der Waals surface area (Å²) in [5.41, 5.74) is 3.42. The van der Waals surface area contributed by atoms with E-state index in [2.05, 4.69) is 25.6 Å². The standard InChI is InChI=1S/C21H23N7O2/c1-13-12-15(7-9-22-13)16-4-5-17-19(26-16)28(14(2)6-8-23-17)21(29)27-18-20(30-3)25-11-10-24-18/h4-5,7,9-12,14,23H,6,8H2,1-3H3,(H,24,27,29)/t14-/m1/s1. The van der Waals surface area contributed by atoms with Crippen LogP contribution >= 0.6 is 0 Å². The Morgan fingerprint density at radius 3 is 2.83 bits per heavy atom. The van der Waals surface area contributed by atoms with Crippen molar-refractivity contribution in [2.75, 3.05) is 29.2 Å². The lowest BCUT2D eigenvalue weighted by atomic mass is 10.1. The van der Waals surface area contributed by atoms with E-state index in [-0.39, 0.29) is 23.8 Å². The molecule has 0 radical (unpaired) electrons. The lowest BCUT2D eigenvalue weighted by Crippen LogP contribution is -2.42. The SMILES string of the molecule is COc1nccnc1NC(=O)N1c2nc(-c3ccnc(C)c3)ccc2NCC[C@H]1C. The predicted molar refractivity (Wildman–Crippen MR) is 115 cm³/mol. The topological polar surface area (TPSA) is 105 Å². The van der Waals surface area contributed by atoms with Crippen LogP contribution in [0.3, 0.4) is 0 Å². The molecule has 3 aromatic heterocycles. The number of hydrogen-bond acceptors (Lipinski definition) is 7. The maximum atomic E-state index is 13.3. The molecule has 0 saturated heterocycles. The fourth-order valence-corrected chi connectivity index (χ4v) is 3.41. The van der Waals surface area contributed by atoms with Gasteiger partial charge in [-0.2, -0.15) is 0 Å². The highest BCUT2D eigenvalue weighted by Gasteiger charge is 2.29. The quantitative estimate of drug-likeness (QED) is 0.687. The van der Waals surface area contributed by atoms with Gasteiger partial charge in [-0.05, 0) is 44.5 Å². The largest absolute Gasteiger partial charge is 0.478 e. The van der Waals surface area contributed by atoms with Crippen LogP contribution in [-0.4, -0.2) is 45.7 Å². The van der Waals surface area contributed by atoms with Gasteiger partial charge in [-0.25, -0.2) is 19.7 Å². The molecule has 30 heavy (non-hydrogen) atoms. The summed E-state index contributed by atoms with van der Waals surface area (Å²) in [6.45, 7) is 4.67. The Morgan fingerprint density at radius 2 is 2.03 bits per heavy atom. The second-order valence-corrected chi connectivity index (χ2v) is 7.03. The normalized spacial score (nSPS) is 15.6. The Morgan fingerprint density at radius 1 is 1.20 bits per heavy atom. The average Bonchev–Trinajstić information content (AvgIpc) is 2.91. The number of rotatable bonds is 3. The van der Waals surface area contributed by atoms with Gasteiger partial charge in [0.15, 0.2) is 11.6 Å².